The van der Waals surface area contributed by atoms with Crippen molar-refractivity contribution in [3.8, 4) is 11.8 Å². The maximum atomic E-state index is 12.3. The summed E-state index contributed by atoms with van der Waals surface area (Å²) in [6.45, 7) is 6.68. The zero-order chi connectivity index (χ0) is 19.6. The Balaban J connectivity index is 1.68. The van der Waals surface area contributed by atoms with Crippen molar-refractivity contribution < 1.29 is 9.53 Å². The summed E-state index contributed by atoms with van der Waals surface area (Å²) in [5.74, 6) is 0.896. The van der Waals surface area contributed by atoms with Crippen LogP contribution in [-0.4, -0.2) is 12.5 Å². The molecule has 2 aromatic rings. The molecule has 4 nitrogen and oxygen atoms in total. The monoisotopic (exact) mass is 402 g/mol. The minimum atomic E-state index is -0.271. The molecule has 142 valence electrons. The molecule has 1 aliphatic carbocycles. The molecule has 0 saturated carbocycles. The second kappa shape index (κ2) is 7.92. The van der Waals surface area contributed by atoms with E-state index >= 15 is 0 Å². The molecule has 1 unspecified atom stereocenters. The highest BCUT2D eigenvalue weighted by Gasteiger charge is 2.32. The number of rotatable bonds is 4. The van der Waals surface area contributed by atoms with Crippen LogP contribution in [-0.2, 0) is 17.6 Å². The number of fused-ring (bicyclic) bond motifs is 1. The first-order chi connectivity index (χ1) is 12.8. The third-order valence-corrected chi connectivity index (χ3v) is 6.46. The lowest BCUT2D eigenvalue weighted by molar-refractivity contribution is -0.118. The van der Waals surface area contributed by atoms with E-state index in [0.29, 0.717) is 27.3 Å². The fraction of sp³-hybridized carbons (Fsp3) is 0.429. The summed E-state index contributed by atoms with van der Waals surface area (Å²) in [7, 11) is 0. The van der Waals surface area contributed by atoms with Crippen LogP contribution in [0.4, 0.5) is 5.00 Å². The minimum absolute atomic E-state index is 0.111. The smallest absolute Gasteiger partial charge is 0.262 e. The van der Waals surface area contributed by atoms with Crippen LogP contribution >= 0.6 is 22.9 Å². The fourth-order valence-electron chi connectivity index (χ4n) is 3.37. The largest absolute Gasteiger partial charge is 0.484 e. The quantitative estimate of drug-likeness (QED) is 0.740. The van der Waals surface area contributed by atoms with Crippen LogP contribution in [0.1, 0.15) is 43.2 Å². The van der Waals surface area contributed by atoms with Gasteiger partial charge in [-0.15, -0.1) is 11.3 Å². The van der Waals surface area contributed by atoms with E-state index in [-0.39, 0.29) is 17.9 Å². The Morgan fingerprint density at radius 2 is 2.07 bits per heavy atom. The van der Waals surface area contributed by atoms with E-state index in [1.54, 1.807) is 24.3 Å². The van der Waals surface area contributed by atoms with Crippen LogP contribution in [0.2, 0.25) is 5.02 Å². The van der Waals surface area contributed by atoms with Crippen LogP contribution in [0, 0.1) is 22.7 Å². The number of nitrogens with one attached hydrogen (secondary N) is 1. The third-order valence-electron chi connectivity index (χ3n) is 5.04. The molecule has 0 bridgehead atoms. The Kier molecular flexibility index (Phi) is 5.78. The molecule has 1 amide bonds. The maximum Gasteiger partial charge on any atom is 0.262 e. The number of nitriles is 1. The van der Waals surface area contributed by atoms with Crippen LogP contribution < -0.4 is 10.1 Å². The summed E-state index contributed by atoms with van der Waals surface area (Å²) in [6.07, 6.45) is 2.94. The van der Waals surface area contributed by atoms with Gasteiger partial charge in [-0.25, -0.2) is 0 Å². The first kappa shape index (κ1) is 19.7. The van der Waals surface area contributed by atoms with Crippen molar-refractivity contribution in [3.05, 3.63) is 45.3 Å². The lowest BCUT2D eigenvalue weighted by Crippen LogP contribution is -2.26. The Hall–Kier alpha value is -2.03. The molecule has 0 spiro atoms. The molecule has 1 aromatic heterocycles. The van der Waals surface area contributed by atoms with Gasteiger partial charge in [0, 0.05) is 9.90 Å². The number of benzene rings is 1. The normalized spacial score (nSPS) is 16.3. The van der Waals surface area contributed by atoms with Crippen molar-refractivity contribution in [2.45, 2.75) is 40.0 Å². The lowest BCUT2D eigenvalue weighted by Gasteiger charge is -2.33. The van der Waals surface area contributed by atoms with Crippen LogP contribution in [0.3, 0.4) is 0 Å². The molecule has 0 aliphatic heterocycles. The van der Waals surface area contributed by atoms with E-state index in [2.05, 4.69) is 32.2 Å². The number of carbonyl (C=O) groups is 1. The molecule has 1 aliphatic rings. The molecule has 0 fully saturated rings. The van der Waals surface area contributed by atoms with Gasteiger partial charge in [-0.3, -0.25) is 4.79 Å². The van der Waals surface area contributed by atoms with Crippen LogP contribution in [0.25, 0.3) is 0 Å². The van der Waals surface area contributed by atoms with E-state index in [0.717, 1.165) is 24.8 Å². The Morgan fingerprint density at radius 1 is 1.37 bits per heavy atom. The second-order valence-electron chi connectivity index (χ2n) is 7.92. The predicted molar refractivity (Wildman–Crippen MR) is 110 cm³/mol. The zero-order valence-corrected chi connectivity index (χ0v) is 17.3. The highest BCUT2D eigenvalue weighted by Crippen LogP contribution is 2.43. The number of hydrogen-bond donors (Lipinski definition) is 1. The SMILES string of the molecule is CC(C)(C)C1CCc2c(sc(NC(=O)COc3ccc(Cl)cc3)c2C#N)C1. The van der Waals surface area contributed by atoms with Crippen LogP contribution in [0.5, 0.6) is 5.75 Å². The average molecular weight is 403 g/mol. The summed E-state index contributed by atoms with van der Waals surface area (Å²) < 4.78 is 5.48. The van der Waals surface area contributed by atoms with Gasteiger partial charge in [-0.2, -0.15) is 5.26 Å². The van der Waals surface area contributed by atoms with Gasteiger partial charge < -0.3 is 10.1 Å². The maximum absolute atomic E-state index is 12.3. The molecule has 1 atom stereocenters. The Morgan fingerprint density at radius 3 is 2.70 bits per heavy atom. The molecule has 3 rings (SSSR count). The highest BCUT2D eigenvalue weighted by atomic mass is 35.5. The summed E-state index contributed by atoms with van der Waals surface area (Å²) in [5.41, 5.74) is 1.96. The van der Waals surface area contributed by atoms with Crippen molar-refractivity contribution in [1.29, 1.82) is 5.26 Å². The van der Waals surface area contributed by atoms with Crippen molar-refractivity contribution in [2.75, 3.05) is 11.9 Å². The third kappa shape index (κ3) is 4.63. The first-order valence-corrected chi connectivity index (χ1v) is 10.2. The summed E-state index contributed by atoms with van der Waals surface area (Å²) in [6, 6.07) is 9.13. The van der Waals surface area contributed by atoms with E-state index in [1.165, 1.54) is 16.2 Å². The molecule has 0 radical (unpaired) electrons. The molecule has 6 heteroatoms. The van der Waals surface area contributed by atoms with Gasteiger partial charge in [0.05, 0.1) is 5.56 Å². The second-order valence-corrected chi connectivity index (χ2v) is 9.46. The van der Waals surface area contributed by atoms with E-state index in [9.17, 15) is 10.1 Å². The number of nitrogens with zero attached hydrogens (tertiary/aromatic N) is 1. The summed E-state index contributed by atoms with van der Waals surface area (Å²) in [5, 5.41) is 13.7. The molecule has 1 aromatic carbocycles. The van der Waals surface area contributed by atoms with E-state index < -0.39 is 0 Å². The number of carbonyl (C=O) groups excluding carboxylic acids is 1. The van der Waals surface area contributed by atoms with E-state index in [1.807, 2.05) is 0 Å². The first-order valence-electron chi connectivity index (χ1n) is 9.00. The van der Waals surface area contributed by atoms with Gasteiger partial charge in [0.2, 0.25) is 0 Å². The van der Waals surface area contributed by atoms with Crippen molar-refractivity contribution in [2.24, 2.45) is 11.3 Å². The van der Waals surface area contributed by atoms with Gasteiger partial charge in [0.25, 0.3) is 5.91 Å². The fourth-order valence-corrected chi connectivity index (χ4v) is 4.79. The zero-order valence-electron chi connectivity index (χ0n) is 15.8. The standard InChI is InChI=1S/C21H23ClN2O2S/c1-21(2,3)13-4-9-16-17(11-23)20(27-18(16)10-13)24-19(25)12-26-15-7-5-14(22)6-8-15/h5-8,13H,4,9-10,12H2,1-3H3,(H,24,25). The molecular weight excluding hydrogens is 380 g/mol. The van der Waals surface area contributed by atoms with Gasteiger partial charge >= 0.3 is 0 Å². The average Bonchev–Trinajstić information content (AvgIpc) is 2.96. The topological polar surface area (TPSA) is 62.1 Å². The van der Waals surface area contributed by atoms with E-state index in [4.69, 9.17) is 16.3 Å². The summed E-state index contributed by atoms with van der Waals surface area (Å²) >= 11 is 7.37. The number of halogens is 1. The number of ether oxygens (including phenoxy) is 1. The van der Waals surface area contributed by atoms with Crippen molar-refractivity contribution in [3.63, 3.8) is 0 Å². The number of anilines is 1. The van der Waals surface area contributed by atoms with Crippen molar-refractivity contribution >= 4 is 33.8 Å². The number of thiophene rings is 1. The highest BCUT2D eigenvalue weighted by molar-refractivity contribution is 7.16. The minimum Gasteiger partial charge on any atom is -0.484 e. The van der Waals surface area contributed by atoms with Gasteiger partial charge in [0.15, 0.2) is 6.61 Å². The predicted octanol–water partition coefficient (Wildman–Crippen LogP) is 5.44. The number of amides is 1. The molecule has 0 saturated heterocycles. The van der Waals surface area contributed by atoms with Gasteiger partial charge in [-0.1, -0.05) is 32.4 Å². The molecule has 27 heavy (non-hydrogen) atoms. The number of hydrogen-bond acceptors (Lipinski definition) is 4. The molecule has 1 heterocycles. The molecular formula is C21H23ClN2O2S. The Labute approximate surface area is 169 Å². The van der Waals surface area contributed by atoms with Crippen LogP contribution in [0.15, 0.2) is 24.3 Å². The van der Waals surface area contributed by atoms with Gasteiger partial charge in [-0.05, 0) is 60.4 Å². The van der Waals surface area contributed by atoms with Gasteiger partial charge in [0.1, 0.15) is 16.8 Å². The summed E-state index contributed by atoms with van der Waals surface area (Å²) in [4.78, 5) is 13.5. The lowest BCUT2D eigenvalue weighted by atomic mass is 9.72. The van der Waals surface area contributed by atoms with Crippen molar-refractivity contribution in [1.82, 2.24) is 0 Å². The molecule has 1 N–H and O–H groups in total. The Bertz CT molecular complexity index is 875.